The lowest BCUT2D eigenvalue weighted by Crippen LogP contribution is -2.32. The van der Waals surface area contributed by atoms with Crippen LogP contribution in [0.4, 0.5) is 5.69 Å². The molecule has 3 unspecified atom stereocenters. The van der Waals surface area contributed by atoms with Crippen molar-refractivity contribution in [2.45, 2.75) is 16.2 Å². The second-order valence-corrected chi connectivity index (χ2v) is 10.1. The van der Waals surface area contributed by atoms with Gasteiger partial charge in [0, 0.05) is 15.3 Å². The highest BCUT2D eigenvalue weighted by atomic mass is 79.9. The number of carbonyl (C=O) groups excluding carboxylic acids is 2. The third-order valence-electron chi connectivity index (χ3n) is 5.38. The zero-order valence-electron chi connectivity index (χ0n) is 15.6. The minimum absolute atomic E-state index is 0.185. The zero-order valence-corrected chi connectivity index (χ0v) is 18.8. The normalized spacial score (nSPS) is 22.7. The molecule has 3 heterocycles. The third-order valence-corrected chi connectivity index (χ3v) is 8.31. The first kappa shape index (κ1) is 19.6. The number of rotatable bonds is 3. The van der Waals surface area contributed by atoms with Crippen molar-refractivity contribution in [3.05, 3.63) is 73.1 Å². The van der Waals surface area contributed by atoms with Crippen LogP contribution in [-0.2, 0) is 9.59 Å². The molecule has 1 saturated heterocycles. The van der Waals surface area contributed by atoms with Crippen molar-refractivity contribution >= 4 is 56.5 Å². The number of anilines is 1. The Labute approximate surface area is 188 Å². The Hall–Kier alpha value is -2.36. The maximum Gasteiger partial charge on any atom is 0.305 e. The lowest BCUT2D eigenvalue weighted by atomic mass is 9.83. The van der Waals surface area contributed by atoms with E-state index in [1.807, 2.05) is 24.3 Å². The quantitative estimate of drug-likeness (QED) is 0.547. The van der Waals surface area contributed by atoms with Gasteiger partial charge in [-0.1, -0.05) is 51.2 Å². The number of aromatic amines is 1. The highest BCUT2D eigenvalue weighted by molar-refractivity contribution is 9.10. The first-order valence-electron chi connectivity index (χ1n) is 9.15. The van der Waals surface area contributed by atoms with Gasteiger partial charge in [-0.25, -0.2) is 4.90 Å². The van der Waals surface area contributed by atoms with Gasteiger partial charge in [0.15, 0.2) is 0 Å². The Morgan fingerprint density at radius 3 is 2.37 bits per heavy atom. The molecule has 1 fully saturated rings. The van der Waals surface area contributed by atoms with Crippen LogP contribution in [0.5, 0.6) is 5.75 Å². The molecule has 3 aromatic rings. The molecule has 30 heavy (non-hydrogen) atoms. The number of thiazole rings is 1. The molecule has 9 heteroatoms. The number of carbonyl (C=O) groups is 2. The molecule has 5 rings (SSSR count). The maximum atomic E-state index is 13.5. The fourth-order valence-electron chi connectivity index (χ4n) is 4.03. The summed E-state index contributed by atoms with van der Waals surface area (Å²) in [5.41, 5.74) is 1.43. The molecule has 6 nitrogen and oxygen atoms in total. The number of nitrogens with one attached hydrogen (secondary N) is 1. The highest BCUT2D eigenvalue weighted by Crippen LogP contribution is 2.53. The lowest BCUT2D eigenvalue weighted by molar-refractivity contribution is -0.122. The molecule has 0 bridgehead atoms. The summed E-state index contributed by atoms with van der Waals surface area (Å²) in [4.78, 5) is 43.6. The van der Waals surface area contributed by atoms with Crippen LogP contribution < -0.4 is 14.5 Å². The summed E-state index contributed by atoms with van der Waals surface area (Å²) < 4.78 is 6.12. The molecule has 2 aromatic carbocycles. The molecule has 0 saturated carbocycles. The second-order valence-electron chi connectivity index (χ2n) is 7.01. The van der Waals surface area contributed by atoms with Crippen molar-refractivity contribution < 1.29 is 14.3 Å². The Bertz CT molecular complexity index is 1200. The van der Waals surface area contributed by atoms with Crippen LogP contribution in [0, 0.1) is 5.92 Å². The average Bonchev–Trinajstić information content (AvgIpc) is 3.24. The molecular formula is C21H15BrN2O4S2. The molecule has 0 radical (unpaired) electrons. The van der Waals surface area contributed by atoms with Gasteiger partial charge < -0.3 is 9.72 Å². The number of thioether (sulfide) groups is 1. The van der Waals surface area contributed by atoms with Crippen LogP contribution in [0.3, 0.4) is 0 Å². The fourth-order valence-corrected chi connectivity index (χ4v) is 6.81. The highest BCUT2D eigenvalue weighted by Gasteiger charge is 2.56. The Kier molecular flexibility index (Phi) is 4.83. The summed E-state index contributed by atoms with van der Waals surface area (Å²) in [5, 5.41) is 0.0804. The van der Waals surface area contributed by atoms with Crippen LogP contribution in [-0.4, -0.2) is 29.2 Å². The number of methoxy groups -OCH3 is 1. The van der Waals surface area contributed by atoms with Crippen LogP contribution in [0.2, 0.25) is 0 Å². The summed E-state index contributed by atoms with van der Waals surface area (Å²) in [6, 6.07) is 14.6. The molecule has 1 aromatic heterocycles. The van der Waals surface area contributed by atoms with E-state index >= 15 is 0 Å². The second kappa shape index (κ2) is 7.40. The summed E-state index contributed by atoms with van der Waals surface area (Å²) >= 11 is 5.76. The SMILES string of the molecule is COc1ccc(C2c3sc(=O)[nH]c3SC3C(=O)N(c4ccc(Br)cc4)C(=O)C32)cc1. The number of hydrogen-bond donors (Lipinski definition) is 1. The van der Waals surface area contributed by atoms with Crippen LogP contribution in [0.1, 0.15) is 16.4 Å². The standard InChI is InChI=1S/C21H15BrN2O4S2/c1-28-13-8-2-10(3-9-13)14-15-17(29-18-16(14)30-21(27)23-18)20(26)24(19(15)25)12-6-4-11(22)5-7-12/h2-9,14-15,17H,1H3,(H,23,27). The first-order chi connectivity index (χ1) is 14.5. The Morgan fingerprint density at radius 1 is 1.00 bits per heavy atom. The number of amides is 2. The van der Waals surface area contributed by atoms with Gasteiger partial charge in [-0.05, 0) is 42.0 Å². The number of nitrogens with zero attached hydrogens (tertiary/aromatic N) is 1. The van der Waals surface area contributed by atoms with Crippen molar-refractivity contribution in [2.75, 3.05) is 12.0 Å². The molecule has 2 aliphatic rings. The first-order valence-corrected chi connectivity index (χ1v) is 11.6. The van der Waals surface area contributed by atoms with E-state index in [-0.39, 0.29) is 22.6 Å². The van der Waals surface area contributed by atoms with E-state index in [1.54, 1.807) is 31.4 Å². The van der Waals surface area contributed by atoms with Gasteiger partial charge in [-0.15, -0.1) is 0 Å². The van der Waals surface area contributed by atoms with Crippen LogP contribution in [0.15, 0.2) is 62.8 Å². The number of aromatic nitrogens is 1. The average molecular weight is 503 g/mol. The van der Waals surface area contributed by atoms with Gasteiger partial charge in [0.2, 0.25) is 11.8 Å². The summed E-state index contributed by atoms with van der Waals surface area (Å²) in [6.45, 7) is 0. The molecule has 2 aliphatic heterocycles. The zero-order chi connectivity index (χ0) is 21.0. The molecule has 0 aliphatic carbocycles. The topological polar surface area (TPSA) is 79.5 Å². The molecule has 3 atom stereocenters. The number of halogens is 1. The van der Waals surface area contributed by atoms with Gasteiger partial charge in [0.25, 0.3) is 0 Å². The third kappa shape index (κ3) is 3.03. The van der Waals surface area contributed by atoms with E-state index in [0.29, 0.717) is 16.5 Å². The number of ether oxygens (including phenoxy) is 1. The van der Waals surface area contributed by atoms with Crippen molar-refractivity contribution in [3.8, 4) is 5.75 Å². The maximum absolute atomic E-state index is 13.5. The van der Waals surface area contributed by atoms with Crippen molar-refractivity contribution in [2.24, 2.45) is 5.92 Å². The molecular weight excluding hydrogens is 488 g/mol. The summed E-state index contributed by atoms with van der Waals surface area (Å²) in [7, 11) is 1.59. The number of fused-ring (bicyclic) bond motifs is 2. The molecule has 152 valence electrons. The van der Waals surface area contributed by atoms with Crippen molar-refractivity contribution in [3.63, 3.8) is 0 Å². The molecule has 2 amide bonds. The number of benzene rings is 2. The van der Waals surface area contributed by atoms with Gasteiger partial charge in [0.05, 0.1) is 23.7 Å². The van der Waals surface area contributed by atoms with Crippen LogP contribution in [0.25, 0.3) is 0 Å². The van der Waals surface area contributed by atoms with Gasteiger partial charge in [-0.3, -0.25) is 14.4 Å². The molecule has 0 spiro atoms. The fraction of sp³-hybridized carbons (Fsp3) is 0.190. The van der Waals surface area contributed by atoms with Crippen LogP contribution >= 0.6 is 39.0 Å². The monoisotopic (exact) mass is 502 g/mol. The predicted molar refractivity (Wildman–Crippen MR) is 120 cm³/mol. The smallest absolute Gasteiger partial charge is 0.305 e. The minimum Gasteiger partial charge on any atom is -0.497 e. The molecule has 1 N–H and O–H groups in total. The predicted octanol–water partition coefficient (Wildman–Crippen LogP) is 4.00. The van der Waals surface area contributed by atoms with Gasteiger partial charge in [0.1, 0.15) is 11.0 Å². The summed E-state index contributed by atoms with van der Waals surface area (Å²) in [6.07, 6.45) is 0. The Balaban J connectivity index is 1.63. The Morgan fingerprint density at radius 2 is 1.70 bits per heavy atom. The van der Waals surface area contributed by atoms with E-state index in [1.165, 1.54) is 16.7 Å². The van der Waals surface area contributed by atoms with E-state index in [4.69, 9.17) is 4.74 Å². The summed E-state index contributed by atoms with van der Waals surface area (Å²) in [5.74, 6) is -0.759. The number of imide groups is 1. The van der Waals surface area contributed by atoms with E-state index in [9.17, 15) is 14.4 Å². The van der Waals surface area contributed by atoms with Gasteiger partial charge >= 0.3 is 4.87 Å². The van der Waals surface area contributed by atoms with Crippen molar-refractivity contribution in [1.29, 1.82) is 0 Å². The van der Waals surface area contributed by atoms with E-state index in [2.05, 4.69) is 20.9 Å². The van der Waals surface area contributed by atoms with E-state index in [0.717, 1.165) is 26.3 Å². The van der Waals surface area contributed by atoms with E-state index < -0.39 is 11.2 Å². The van der Waals surface area contributed by atoms with Gasteiger partial charge in [-0.2, -0.15) is 0 Å². The number of hydrogen-bond acceptors (Lipinski definition) is 6. The van der Waals surface area contributed by atoms with Crippen molar-refractivity contribution in [1.82, 2.24) is 4.98 Å². The minimum atomic E-state index is -0.592. The number of H-pyrrole nitrogens is 1. The lowest BCUT2D eigenvalue weighted by Gasteiger charge is -2.29. The largest absolute Gasteiger partial charge is 0.497 e.